The van der Waals surface area contributed by atoms with Gasteiger partial charge < -0.3 is 4.74 Å². The maximum Gasteiger partial charge on any atom is 0.330 e. The highest BCUT2D eigenvalue weighted by atomic mass is 16.5. The molecule has 2 aromatic rings. The van der Waals surface area contributed by atoms with Crippen molar-refractivity contribution >= 4 is 5.78 Å². The van der Waals surface area contributed by atoms with Gasteiger partial charge in [-0.1, -0.05) is 37.3 Å². The van der Waals surface area contributed by atoms with E-state index in [1.165, 1.54) is 16.8 Å². The molecule has 1 aliphatic rings. The standard InChI is InChI=1S/C17H18N2O4/c1-11-9-13(10-14(20)12-5-3-2-4-6-12)23-16(11)19-8-7-15(21)18-17(19)22/h2-8,11,13,16H,9-10H2,1H3,(H,18,21,22). The first-order valence-electron chi connectivity index (χ1n) is 7.60. The van der Waals surface area contributed by atoms with E-state index in [1.807, 2.05) is 25.1 Å². The van der Waals surface area contributed by atoms with Gasteiger partial charge in [-0.2, -0.15) is 0 Å². The van der Waals surface area contributed by atoms with E-state index in [9.17, 15) is 14.4 Å². The first kappa shape index (κ1) is 15.4. The third-order valence-corrected chi connectivity index (χ3v) is 4.09. The van der Waals surface area contributed by atoms with Crippen molar-refractivity contribution < 1.29 is 9.53 Å². The van der Waals surface area contributed by atoms with Crippen LogP contribution in [0.4, 0.5) is 0 Å². The Kier molecular flexibility index (Phi) is 4.25. The monoisotopic (exact) mass is 314 g/mol. The normalized spacial score (nSPS) is 23.8. The Morgan fingerprint density at radius 2 is 2.00 bits per heavy atom. The van der Waals surface area contributed by atoms with Gasteiger partial charge in [-0.05, 0) is 6.42 Å². The van der Waals surface area contributed by atoms with Crippen LogP contribution in [0.5, 0.6) is 0 Å². The van der Waals surface area contributed by atoms with Crippen molar-refractivity contribution in [1.82, 2.24) is 9.55 Å². The summed E-state index contributed by atoms with van der Waals surface area (Å²) in [5.74, 6) is 0.101. The van der Waals surface area contributed by atoms with Crippen molar-refractivity contribution in [2.24, 2.45) is 5.92 Å². The maximum absolute atomic E-state index is 12.3. The average Bonchev–Trinajstić information content (AvgIpc) is 2.88. The lowest BCUT2D eigenvalue weighted by molar-refractivity contribution is -0.0138. The number of hydrogen-bond donors (Lipinski definition) is 1. The Morgan fingerprint density at radius 3 is 2.70 bits per heavy atom. The fraction of sp³-hybridized carbons (Fsp3) is 0.353. The summed E-state index contributed by atoms with van der Waals surface area (Å²) >= 11 is 0. The second kappa shape index (κ2) is 6.34. The first-order chi connectivity index (χ1) is 11.0. The lowest BCUT2D eigenvalue weighted by Gasteiger charge is -2.17. The molecule has 3 rings (SSSR count). The fourth-order valence-corrected chi connectivity index (χ4v) is 2.97. The molecule has 1 aromatic heterocycles. The largest absolute Gasteiger partial charge is 0.354 e. The van der Waals surface area contributed by atoms with Crippen molar-refractivity contribution in [2.45, 2.75) is 32.1 Å². The number of hydrogen-bond acceptors (Lipinski definition) is 4. The van der Waals surface area contributed by atoms with E-state index >= 15 is 0 Å². The van der Waals surface area contributed by atoms with Gasteiger partial charge in [0.05, 0.1) is 6.10 Å². The molecular weight excluding hydrogens is 296 g/mol. The van der Waals surface area contributed by atoms with Gasteiger partial charge in [-0.25, -0.2) is 4.79 Å². The van der Waals surface area contributed by atoms with Crippen LogP contribution >= 0.6 is 0 Å². The molecule has 0 radical (unpaired) electrons. The van der Waals surface area contributed by atoms with Gasteiger partial charge in [0.2, 0.25) is 0 Å². The van der Waals surface area contributed by atoms with Gasteiger partial charge in [-0.15, -0.1) is 0 Å². The molecule has 23 heavy (non-hydrogen) atoms. The van der Waals surface area contributed by atoms with E-state index in [2.05, 4.69) is 4.98 Å². The van der Waals surface area contributed by atoms with Crippen LogP contribution in [0.25, 0.3) is 0 Å². The molecule has 6 nitrogen and oxygen atoms in total. The van der Waals surface area contributed by atoms with Crippen LogP contribution in [0.1, 0.15) is 36.4 Å². The number of ether oxygens (including phenoxy) is 1. The van der Waals surface area contributed by atoms with Gasteiger partial charge >= 0.3 is 5.69 Å². The second-order valence-corrected chi connectivity index (χ2v) is 5.87. The minimum atomic E-state index is -0.496. The highest BCUT2D eigenvalue weighted by Crippen LogP contribution is 2.34. The summed E-state index contributed by atoms with van der Waals surface area (Å²) in [6.45, 7) is 1.97. The number of carbonyl (C=O) groups excluding carboxylic acids is 1. The molecule has 0 bridgehead atoms. The first-order valence-corrected chi connectivity index (χ1v) is 7.60. The number of rotatable bonds is 4. The molecule has 3 unspecified atom stereocenters. The quantitative estimate of drug-likeness (QED) is 0.872. The predicted molar refractivity (Wildman–Crippen MR) is 84.4 cm³/mol. The molecule has 0 aliphatic carbocycles. The SMILES string of the molecule is CC1CC(CC(=O)c2ccccc2)OC1n1ccc(=O)[nH]c1=O. The Balaban J connectivity index is 1.72. The predicted octanol–water partition coefficient (Wildman–Crippen LogP) is 1.73. The minimum absolute atomic E-state index is 0.0252. The molecular formula is C17H18N2O4. The molecule has 1 aromatic carbocycles. The van der Waals surface area contributed by atoms with Crippen LogP contribution in [0.2, 0.25) is 0 Å². The van der Waals surface area contributed by atoms with Crippen LogP contribution in [0, 0.1) is 5.92 Å². The number of Topliss-reactive ketones (excluding diaryl/α,β-unsaturated/α-hetero) is 1. The van der Waals surface area contributed by atoms with Crippen LogP contribution in [-0.2, 0) is 4.74 Å². The maximum atomic E-state index is 12.3. The highest BCUT2D eigenvalue weighted by molar-refractivity contribution is 5.96. The summed E-state index contributed by atoms with van der Waals surface area (Å²) in [6.07, 6.45) is 1.70. The van der Waals surface area contributed by atoms with E-state index in [4.69, 9.17) is 4.74 Å². The van der Waals surface area contributed by atoms with E-state index in [0.717, 1.165) is 0 Å². The molecule has 120 valence electrons. The van der Waals surface area contributed by atoms with Crippen LogP contribution in [0.15, 0.2) is 52.2 Å². The van der Waals surface area contributed by atoms with Gasteiger partial charge in [0, 0.05) is 30.2 Å². The van der Waals surface area contributed by atoms with Gasteiger partial charge in [-0.3, -0.25) is 19.1 Å². The highest BCUT2D eigenvalue weighted by Gasteiger charge is 2.35. The Morgan fingerprint density at radius 1 is 1.26 bits per heavy atom. The van der Waals surface area contributed by atoms with E-state index < -0.39 is 17.5 Å². The summed E-state index contributed by atoms with van der Waals surface area (Å²) in [6, 6.07) is 10.4. The zero-order valence-electron chi connectivity index (χ0n) is 12.8. The minimum Gasteiger partial charge on any atom is -0.354 e. The smallest absolute Gasteiger partial charge is 0.330 e. The van der Waals surface area contributed by atoms with Crippen molar-refractivity contribution in [3.05, 3.63) is 69.0 Å². The molecule has 1 N–H and O–H groups in total. The Labute approximate surface area is 132 Å². The van der Waals surface area contributed by atoms with Crippen molar-refractivity contribution in [3.8, 4) is 0 Å². The number of nitrogens with zero attached hydrogens (tertiary/aromatic N) is 1. The van der Waals surface area contributed by atoms with Gasteiger partial charge in [0.25, 0.3) is 5.56 Å². The zero-order chi connectivity index (χ0) is 16.4. The number of nitrogens with one attached hydrogen (secondary N) is 1. The van der Waals surface area contributed by atoms with E-state index in [-0.39, 0.29) is 24.2 Å². The topological polar surface area (TPSA) is 81.2 Å². The van der Waals surface area contributed by atoms with E-state index in [0.29, 0.717) is 12.0 Å². The molecule has 1 aliphatic heterocycles. The number of benzene rings is 1. The average molecular weight is 314 g/mol. The molecule has 2 heterocycles. The van der Waals surface area contributed by atoms with Crippen molar-refractivity contribution in [3.63, 3.8) is 0 Å². The van der Waals surface area contributed by atoms with Gasteiger partial charge in [0.1, 0.15) is 6.23 Å². The fourth-order valence-electron chi connectivity index (χ4n) is 2.97. The van der Waals surface area contributed by atoms with E-state index in [1.54, 1.807) is 12.1 Å². The van der Waals surface area contributed by atoms with Crippen LogP contribution in [0.3, 0.4) is 0 Å². The third-order valence-electron chi connectivity index (χ3n) is 4.09. The van der Waals surface area contributed by atoms with Gasteiger partial charge in [0.15, 0.2) is 5.78 Å². The van der Waals surface area contributed by atoms with Crippen LogP contribution in [-0.4, -0.2) is 21.4 Å². The molecule has 1 saturated heterocycles. The second-order valence-electron chi connectivity index (χ2n) is 5.87. The lowest BCUT2D eigenvalue weighted by atomic mass is 10.00. The number of aromatic nitrogens is 2. The van der Waals surface area contributed by atoms with Crippen molar-refractivity contribution in [1.29, 1.82) is 0 Å². The molecule has 0 saturated carbocycles. The molecule has 0 spiro atoms. The molecule has 1 fully saturated rings. The van der Waals surface area contributed by atoms with Crippen LogP contribution < -0.4 is 11.2 Å². The summed E-state index contributed by atoms with van der Waals surface area (Å²) in [7, 11) is 0. The number of H-pyrrole nitrogens is 1. The number of aromatic amines is 1. The Hall–Kier alpha value is -2.47. The summed E-state index contributed by atoms with van der Waals surface area (Å²) < 4.78 is 7.27. The third kappa shape index (κ3) is 3.32. The number of carbonyl (C=O) groups is 1. The molecule has 0 amide bonds. The summed E-state index contributed by atoms with van der Waals surface area (Å²) in [5.41, 5.74) is -0.273. The summed E-state index contributed by atoms with van der Waals surface area (Å²) in [5, 5.41) is 0. The van der Waals surface area contributed by atoms with Crippen molar-refractivity contribution in [2.75, 3.05) is 0 Å². The zero-order valence-corrected chi connectivity index (χ0v) is 12.8. The number of ketones is 1. The Bertz CT molecular complexity index is 809. The summed E-state index contributed by atoms with van der Waals surface area (Å²) in [4.78, 5) is 37.5. The lowest BCUT2D eigenvalue weighted by Crippen LogP contribution is -2.33. The molecule has 3 atom stereocenters. The molecule has 6 heteroatoms.